The van der Waals surface area contributed by atoms with Gasteiger partial charge in [0.05, 0.1) is 6.54 Å². The molecule has 1 amide bonds. The van der Waals surface area contributed by atoms with Crippen molar-refractivity contribution in [3.05, 3.63) is 30.1 Å². The number of halogens is 2. The molecular weight excluding hydrogens is 400 g/mol. The lowest BCUT2D eigenvalue weighted by Crippen LogP contribution is -2.48. The molecule has 0 aliphatic carbocycles. The zero-order valence-electron chi connectivity index (χ0n) is 12.2. The normalized spacial score (nSPS) is 14.2. The Labute approximate surface area is 146 Å². The summed E-state index contributed by atoms with van der Waals surface area (Å²) in [6, 6.07) is 6.40. The Kier molecular flexibility index (Phi) is 7.36. The topological polar surface area (TPSA) is 87.9 Å². The second kappa shape index (κ2) is 8.76. The zero-order chi connectivity index (χ0) is 15.2. The predicted molar refractivity (Wildman–Crippen MR) is 95.9 cm³/mol. The summed E-state index contributed by atoms with van der Waals surface area (Å²) in [7, 11) is 0. The van der Waals surface area contributed by atoms with Crippen molar-refractivity contribution in [2.24, 2.45) is 16.5 Å². The van der Waals surface area contributed by atoms with E-state index in [1.807, 2.05) is 4.90 Å². The van der Waals surface area contributed by atoms with Crippen molar-refractivity contribution in [1.29, 1.82) is 0 Å². The van der Waals surface area contributed by atoms with Crippen LogP contribution in [0.15, 0.2) is 29.3 Å². The van der Waals surface area contributed by atoms with E-state index in [9.17, 15) is 9.18 Å². The number of piperazine rings is 1. The molecule has 1 fully saturated rings. The van der Waals surface area contributed by atoms with Crippen LogP contribution in [0, 0.1) is 5.82 Å². The Balaban J connectivity index is 0.00000242. The molecule has 1 aromatic rings. The van der Waals surface area contributed by atoms with E-state index in [-0.39, 0.29) is 41.7 Å². The van der Waals surface area contributed by atoms with Gasteiger partial charge in [0.1, 0.15) is 5.82 Å². The maximum atomic E-state index is 12.9. The van der Waals surface area contributed by atoms with Gasteiger partial charge in [0.2, 0.25) is 5.91 Å². The van der Waals surface area contributed by atoms with Crippen LogP contribution in [0.1, 0.15) is 6.42 Å². The van der Waals surface area contributed by atoms with E-state index in [0.29, 0.717) is 26.1 Å². The molecule has 1 aliphatic rings. The summed E-state index contributed by atoms with van der Waals surface area (Å²) in [5, 5.41) is 0. The number of carbonyl (C=O) groups excluding carboxylic acids is 1. The zero-order valence-corrected chi connectivity index (χ0v) is 14.6. The smallest absolute Gasteiger partial charge is 0.224 e. The number of carbonyl (C=O) groups is 1. The van der Waals surface area contributed by atoms with E-state index in [0.717, 1.165) is 18.8 Å². The van der Waals surface area contributed by atoms with Crippen molar-refractivity contribution in [1.82, 2.24) is 4.90 Å². The Hall–Kier alpha value is -1.58. The fourth-order valence-corrected chi connectivity index (χ4v) is 2.30. The molecule has 1 aromatic carbocycles. The van der Waals surface area contributed by atoms with Gasteiger partial charge in [-0.1, -0.05) is 0 Å². The lowest BCUT2D eigenvalue weighted by atomic mass is 10.2. The number of benzene rings is 1. The number of hydrogen-bond acceptors (Lipinski definition) is 3. The van der Waals surface area contributed by atoms with Crippen LogP contribution < -0.4 is 16.4 Å². The van der Waals surface area contributed by atoms with Crippen molar-refractivity contribution in [3.8, 4) is 0 Å². The van der Waals surface area contributed by atoms with Crippen LogP contribution in [0.25, 0.3) is 0 Å². The summed E-state index contributed by atoms with van der Waals surface area (Å²) in [5.41, 5.74) is 11.4. The number of nitrogens with zero attached hydrogens (tertiary/aromatic N) is 3. The van der Waals surface area contributed by atoms with E-state index in [2.05, 4.69) is 9.89 Å². The van der Waals surface area contributed by atoms with E-state index < -0.39 is 0 Å². The Bertz CT molecular complexity index is 510. The van der Waals surface area contributed by atoms with Crippen molar-refractivity contribution < 1.29 is 9.18 Å². The largest absolute Gasteiger partial charge is 0.370 e. The van der Waals surface area contributed by atoms with Gasteiger partial charge in [-0.15, -0.1) is 24.0 Å². The van der Waals surface area contributed by atoms with Gasteiger partial charge in [0.25, 0.3) is 0 Å². The summed E-state index contributed by atoms with van der Waals surface area (Å²) in [5.74, 6) is -0.185. The van der Waals surface area contributed by atoms with Gasteiger partial charge in [0, 0.05) is 38.3 Å². The van der Waals surface area contributed by atoms with Crippen molar-refractivity contribution >= 4 is 41.5 Å². The lowest BCUT2D eigenvalue weighted by molar-refractivity contribution is -0.131. The summed E-state index contributed by atoms with van der Waals surface area (Å²) in [6.45, 7) is 3.09. The molecule has 4 N–H and O–H groups in total. The van der Waals surface area contributed by atoms with Gasteiger partial charge in [0.15, 0.2) is 5.96 Å². The summed E-state index contributed by atoms with van der Waals surface area (Å²) in [6.07, 6.45) is 0.314. The molecule has 0 aromatic heterocycles. The molecule has 0 spiro atoms. The molecule has 1 saturated heterocycles. The molecule has 122 valence electrons. The summed E-state index contributed by atoms with van der Waals surface area (Å²) < 4.78 is 12.9. The first-order chi connectivity index (χ1) is 10.1. The fraction of sp³-hybridized carbons (Fsp3) is 0.429. The second-order valence-corrected chi connectivity index (χ2v) is 4.90. The second-order valence-electron chi connectivity index (χ2n) is 4.90. The molecule has 6 nitrogen and oxygen atoms in total. The van der Waals surface area contributed by atoms with Gasteiger partial charge in [-0.2, -0.15) is 0 Å². The highest BCUT2D eigenvalue weighted by Crippen LogP contribution is 2.17. The van der Waals surface area contributed by atoms with E-state index >= 15 is 0 Å². The average molecular weight is 421 g/mol. The Morgan fingerprint density at radius 3 is 2.27 bits per heavy atom. The van der Waals surface area contributed by atoms with Crippen molar-refractivity contribution in [3.63, 3.8) is 0 Å². The van der Waals surface area contributed by atoms with Crippen LogP contribution in [-0.2, 0) is 4.79 Å². The van der Waals surface area contributed by atoms with Gasteiger partial charge in [-0.05, 0) is 24.3 Å². The minimum atomic E-state index is -0.243. The maximum absolute atomic E-state index is 12.9. The van der Waals surface area contributed by atoms with E-state index in [1.165, 1.54) is 12.1 Å². The highest BCUT2D eigenvalue weighted by atomic mass is 127. The first kappa shape index (κ1) is 18.5. The lowest BCUT2D eigenvalue weighted by Gasteiger charge is -2.36. The molecule has 1 aliphatic heterocycles. The Morgan fingerprint density at radius 2 is 1.73 bits per heavy atom. The number of hydrogen-bond donors (Lipinski definition) is 2. The van der Waals surface area contributed by atoms with Gasteiger partial charge >= 0.3 is 0 Å². The number of guanidine groups is 1. The highest BCUT2D eigenvalue weighted by Gasteiger charge is 2.20. The molecule has 0 radical (unpaired) electrons. The molecule has 0 unspecified atom stereocenters. The third-order valence-electron chi connectivity index (χ3n) is 3.44. The molecule has 8 heteroatoms. The summed E-state index contributed by atoms with van der Waals surface area (Å²) >= 11 is 0. The van der Waals surface area contributed by atoms with Crippen molar-refractivity contribution in [2.45, 2.75) is 6.42 Å². The number of anilines is 1. The van der Waals surface area contributed by atoms with E-state index in [1.54, 1.807) is 12.1 Å². The molecule has 22 heavy (non-hydrogen) atoms. The van der Waals surface area contributed by atoms with Crippen LogP contribution >= 0.6 is 24.0 Å². The van der Waals surface area contributed by atoms with Crippen LogP contribution in [0.5, 0.6) is 0 Å². The third kappa shape index (κ3) is 5.32. The standard InChI is InChI=1S/C14H20FN5O.HI/c15-11-1-3-12(4-2-11)19-7-9-20(10-8-19)13(21)5-6-18-14(16)17;/h1-4H,5-10H2,(H4,16,17,18);1H. The number of rotatable bonds is 4. The van der Waals surface area contributed by atoms with Gasteiger partial charge < -0.3 is 21.3 Å². The highest BCUT2D eigenvalue weighted by molar-refractivity contribution is 14.0. The van der Waals surface area contributed by atoms with Gasteiger partial charge in [-0.3, -0.25) is 9.79 Å². The molecule has 0 bridgehead atoms. The monoisotopic (exact) mass is 421 g/mol. The minimum absolute atomic E-state index is 0. The first-order valence-corrected chi connectivity index (χ1v) is 6.90. The quantitative estimate of drug-likeness (QED) is 0.427. The van der Waals surface area contributed by atoms with Crippen molar-refractivity contribution in [2.75, 3.05) is 37.6 Å². The average Bonchev–Trinajstić information content (AvgIpc) is 2.48. The first-order valence-electron chi connectivity index (χ1n) is 6.90. The fourth-order valence-electron chi connectivity index (χ4n) is 2.30. The maximum Gasteiger partial charge on any atom is 0.224 e. The third-order valence-corrected chi connectivity index (χ3v) is 3.44. The summed E-state index contributed by atoms with van der Waals surface area (Å²) in [4.78, 5) is 19.7. The van der Waals surface area contributed by atoms with Crippen LogP contribution in [0.3, 0.4) is 0 Å². The Morgan fingerprint density at radius 1 is 1.14 bits per heavy atom. The predicted octanol–water partition coefficient (Wildman–Crippen LogP) is 0.756. The van der Waals surface area contributed by atoms with Crippen LogP contribution in [-0.4, -0.2) is 49.5 Å². The number of aliphatic imine (C=N–C) groups is 1. The SMILES string of the molecule is I.NC(N)=NCCC(=O)N1CCN(c2ccc(F)cc2)CC1. The molecule has 0 saturated carbocycles. The number of nitrogens with two attached hydrogens (primary N) is 2. The molecule has 2 rings (SSSR count). The van der Waals surface area contributed by atoms with Gasteiger partial charge in [-0.25, -0.2) is 4.39 Å². The van der Waals surface area contributed by atoms with Crippen LogP contribution in [0.2, 0.25) is 0 Å². The molecule has 1 heterocycles. The number of amides is 1. The molecule has 0 atom stereocenters. The molecular formula is C14H21FIN5O. The minimum Gasteiger partial charge on any atom is -0.370 e. The van der Waals surface area contributed by atoms with Crippen LogP contribution in [0.4, 0.5) is 10.1 Å². The van der Waals surface area contributed by atoms with E-state index in [4.69, 9.17) is 11.5 Å².